The molecule has 2 bridgehead atoms. The molecular weight excluding hydrogens is 1510 g/mol. The van der Waals surface area contributed by atoms with Crippen molar-refractivity contribution < 1.29 is 105 Å². The Bertz CT molecular complexity index is 3560. The monoisotopic (exact) mass is 1650 g/mol. The van der Waals surface area contributed by atoms with E-state index in [2.05, 4.69) is 30.7 Å². The highest BCUT2D eigenvalue weighted by Gasteiger charge is 2.53. The Balaban J connectivity index is 0.737. The molecule has 117 heavy (non-hydrogen) atoms. The van der Waals surface area contributed by atoms with Crippen LogP contribution in [0, 0.1) is 29.6 Å². The number of aromatic nitrogens is 7. The van der Waals surface area contributed by atoms with Gasteiger partial charge in [-0.05, 0) is 133 Å². The number of unbranched alkanes of at least 4 members (excludes halogenated alkanes) is 2. The Morgan fingerprint density at radius 2 is 1.38 bits per heavy atom. The molecule has 7 N–H and O–H groups in total. The third kappa shape index (κ3) is 33.3. The molecule has 6 heterocycles. The molecule has 0 spiro atoms. The molecule has 33 heteroatoms. The maximum Gasteiger partial charge on any atom is 0.329 e. The van der Waals surface area contributed by atoms with E-state index in [1.807, 2.05) is 50.4 Å². The zero-order valence-corrected chi connectivity index (χ0v) is 70.6. The van der Waals surface area contributed by atoms with Crippen LogP contribution in [0.3, 0.4) is 0 Å². The number of allylic oxidation sites excluding steroid dienone is 6. The Kier molecular flexibility index (Phi) is 44.8. The number of nitrogen functional groups attached to an aromatic ring is 1. The number of esters is 1. The molecule has 658 valence electrons. The number of nitrogens with one attached hydrogen (secondary N) is 1. The summed E-state index contributed by atoms with van der Waals surface area (Å²) in [6.07, 6.45) is 20.0. The molecule has 3 aliphatic heterocycles. The molecular formula is C84H135N11O22. The molecule has 4 aliphatic rings. The number of anilines is 1. The van der Waals surface area contributed by atoms with Crippen LogP contribution in [0.4, 0.5) is 5.82 Å². The first-order valence-corrected chi connectivity index (χ1v) is 42.1. The molecule has 2 amide bonds. The fraction of sp³-hybridized carbons (Fsp3) is 0.750. The summed E-state index contributed by atoms with van der Waals surface area (Å²) in [6, 6.07) is -2.09. The van der Waals surface area contributed by atoms with Crippen molar-refractivity contribution >= 4 is 52.0 Å². The molecule has 3 fully saturated rings. The number of aliphatic hydroxyl groups excluding tert-OH is 1. The number of aryl methyl sites for hydroxylation is 2. The molecule has 0 radical (unpaired) electrons. The maximum atomic E-state index is 14.7. The van der Waals surface area contributed by atoms with Crippen LogP contribution in [0.5, 0.6) is 0 Å². The minimum absolute atomic E-state index is 0.0110. The SMILES string of the molecule is COC1C[C@@H]2CC[C@@H](C)[C@@](O)(O2)C(=O)C(=O)N2CCCC[C@H]2C(=O)OC(C(N)CC2CCC(OCCCCc3cn(CCOCCOCCOCCOCCOCCOCCOCCOCCC(=O)NCCCCn4ncc5c(N)ncnc54)nn3)[C@H](OC)C2)CC(=O)C(C)/C=C(\C)C(O)[C@@H](OC)C(=O)C(C)CC(C)/C=C/C=CC=C1C. The van der Waals surface area contributed by atoms with Crippen molar-refractivity contribution in [3.8, 4) is 0 Å². The summed E-state index contributed by atoms with van der Waals surface area (Å²) in [5.74, 6) is -7.91. The number of aliphatic hydroxyl groups is 2. The number of cyclic esters (lactones) is 1. The number of carbonyl (C=O) groups is 6. The molecule has 3 aromatic rings. The number of nitrogens with zero attached hydrogens (tertiary/aromatic N) is 8. The number of hydrogen-bond acceptors (Lipinski definition) is 29. The van der Waals surface area contributed by atoms with Gasteiger partial charge in [0.25, 0.3) is 11.7 Å². The number of hydrogen-bond donors (Lipinski definition) is 5. The van der Waals surface area contributed by atoms with E-state index in [0.717, 1.165) is 55.2 Å². The quantitative estimate of drug-likeness (QED) is 0.0178. The topological polar surface area (TPSA) is 414 Å². The van der Waals surface area contributed by atoms with E-state index in [-0.39, 0.29) is 73.7 Å². The summed E-state index contributed by atoms with van der Waals surface area (Å²) in [5, 5.41) is 40.4. The van der Waals surface area contributed by atoms with Crippen molar-refractivity contribution in [2.24, 2.45) is 35.3 Å². The van der Waals surface area contributed by atoms with Gasteiger partial charge in [0.15, 0.2) is 11.4 Å². The van der Waals surface area contributed by atoms with Gasteiger partial charge in [0.05, 0.1) is 154 Å². The Morgan fingerprint density at radius 3 is 2.03 bits per heavy atom. The molecule has 1 saturated carbocycles. The number of fused-ring (bicyclic) bond motifs is 4. The van der Waals surface area contributed by atoms with Crippen LogP contribution < -0.4 is 16.8 Å². The number of ketones is 3. The molecule has 3 aromatic heterocycles. The van der Waals surface area contributed by atoms with Gasteiger partial charge in [0, 0.05) is 96.8 Å². The van der Waals surface area contributed by atoms with Gasteiger partial charge in [-0.1, -0.05) is 69.4 Å². The van der Waals surface area contributed by atoms with Crippen LogP contribution in [0.15, 0.2) is 66.3 Å². The summed E-state index contributed by atoms with van der Waals surface area (Å²) < 4.78 is 84.9. The molecule has 2 saturated heterocycles. The first-order valence-electron chi connectivity index (χ1n) is 42.1. The zero-order chi connectivity index (χ0) is 84.3. The Morgan fingerprint density at radius 1 is 0.709 bits per heavy atom. The summed E-state index contributed by atoms with van der Waals surface area (Å²) in [4.78, 5) is 93.6. The number of methoxy groups -OCH3 is 3. The predicted octanol–water partition coefficient (Wildman–Crippen LogP) is 6.35. The second kappa shape index (κ2) is 53.8. The summed E-state index contributed by atoms with van der Waals surface area (Å²) >= 11 is 0. The van der Waals surface area contributed by atoms with E-state index >= 15 is 0 Å². The van der Waals surface area contributed by atoms with Gasteiger partial charge in [-0.25, -0.2) is 24.1 Å². The number of ether oxygens (including phenoxy) is 14. The minimum atomic E-state index is -2.48. The molecule has 15 atom stereocenters. The lowest BCUT2D eigenvalue weighted by atomic mass is 9.80. The first kappa shape index (κ1) is 97.4. The lowest BCUT2D eigenvalue weighted by Gasteiger charge is -2.42. The number of Topliss-reactive ketones (excluding diaryl/α,β-unsaturated/α-hetero) is 3. The van der Waals surface area contributed by atoms with Gasteiger partial charge in [0.2, 0.25) is 11.7 Å². The number of amides is 2. The largest absolute Gasteiger partial charge is 0.459 e. The lowest BCUT2D eigenvalue weighted by Crippen LogP contribution is -2.61. The number of piperidine rings is 1. The molecule has 33 nitrogen and oxygen atoms in total. The summed E-state index contributed by atoms with van der Waals surface area (Å²) in [6.45, 7) is 19.8. The van der Waals surface area contributed by atoms with Crippen molar-refractivity contribution in [2.45, 2.75) is 231 Å². The van der Waals surface area contributed by atoms with Gasteiger partial charge in [-0.15, -0.1) is 5.10 Å². The van der Waals surface area contributed by atoms with Gasteiger partial charge in [-0.3, -0.25) is 24.0 Å². The van der Waals surface area contributed by atoms with Crippen LogP contribution in [0.2, 0.25) is 0 Å². The van der Waals surface area contributed by atoms with Crippen molar-refractivity contribution in [1.82, 2.24) is 45.0 Å². The average Bonchev–Trinajstić information content (AvgIpc) is 1.59. The number of nitrogens with two attached hydrogens (primary N) is 2. The van der Waals surface area contributed by atoms with Gasteiger partial charge in [0.1, 0.15) is 42.3 Å². The van der Waals surface area contributed by atoms with E-state index in [4.69, 9.17) is 77.8 Å². The lowest BCUT2D eigenvalue weighted by molar-refractivity contribution is -0.265. The average molecular weight is 1650 g/mol. The third-order valence-corrected chi connectivity index (χ3v) is 22.1. The Hall–Kier alpha value is -6.77. The zero-order valence-electron chi connectivity index (χ0n) is 70.6. The van der Waals surface area contributed by atoms with E-state index in [9.17, 15) is 39.0 Å². The van der Waals surface area contributed by atoms with E-state index in [1.54, 1.807) is 63.6 Å². The molecule has 0 aromatic carbocycles. The van der Waals surface area contributed by atoms with Crippen LogP contribution in [0.25, 0.3) is 11.0 Å². The second-order valence-electron chi connectivity index (χ2n) is 31.1. The molecule has 1 aliphatic carbocycles. The van der Waals surface area contributed by atoms with Gasteiger partial charge in [-0.2, -0.15) is 5.10 Å². The highest BCUT2D eigenvalue weighted by molar-refractivity contribution is 6.39. The fourth-order valence-corrected chi connectivity index (χ4v) is 15.0. The van der Waals surface area contributed by atoms with Gasteiger partial charge < -0.3 is 98.2 Å². The van der Waals surface area contributed by atoms with Gasteiger partial charge >= 0.3 is 5.97 Å². The van der Waals surface area contributed by atoms with Crippen molar-refractivity contribution in [1.29, 1.82) is 0 Å². The van der Waals surface area contributed by atoms with Crippen molar-refractivity contribution in [3.63, 3.8) is 0 Å². The predicted molar refractivity (Wildman–Crippen MR) is 434 cm³/mol. The fourth-order valence-electron chi connectivity index (χ4n) is 15.0. The van der Waals surface area contributed by atoms with E-state index < -0.39 is 83.8 Å². The van der Waals surface area contributed by atoms with E-state index in [1.165, 1.54) is 18.3 Å². The normalized spacial score (nSPS) is 27.0. The van der Waals surface area contributed by atoms with Crippen LogP contribution in [-0.2, 0) is 115 Å². The number of rotatable bonds is 44. The van der Waals surface area contributed by atoms with E-state index in [0.29, 0.717) is 200 Å². The smallest absolute Gasteiger partial charge is 0.329 e. The second-order valence-corrected chi connectivity index (χ2v) is 31.1. The molecule has 7 rings (SSSR count). The highest BCUT2D eigenvalue weighted by atomic mass is 16.6. The van der Waals surface area contributed by atoms with Crippen LogP contribution in [0.1, 0.15) is 156 Å². The highest BCUT2D eigenvalue weighted by Crippen LogP contribution is 2.38. The molecule has 9 unspecified atom stereocenters. The first-order chi connectivity index (χ1) is 56.5. The van der Waals surface area contributed by atoms with Crippen LogP contribution >= 0.6 is 0 Å². The maximum absolute atomic E-state index is 14.7. The van der Waals surface area contributed by atoms with Crippen LogP contribution in [-0.4, -0.2) is 292 Å². The minimum Gasteiger partial charge on any atom is -0.459 e. The standard InChI is InChI=1S/C84H135N11O22/c1-58-19-11-10-12-20-59(2)72(104-7)53-66-25-23-63(6)84(103,117-66)79(100)82(101)94-29-16-13-22-69(94)83(102)116-73(54-70(96)60(3)50-62(5)77(99)78(106-9)76(98)61(4)49-58)68(85)51-64-24-26-71(74(52-64)105-8)115-32-18-14-21-65-56-93(92-91-65)31-34-108-36-38-110-40-42-112-44-46-114-48-47-113-45-43-111-41-39-109-37-35-107-33-27-75(97)87-28-15-17-30-95-81-67(55-90-95)80(86)88-57-89-81/h10-12,19-20,50,55-58,60-61,63-64,66,68-69,71-74,77-78,99,103H,13-18,21-49,51-54,85H2,1-9H3,(H,87,97)(H2,86,88,89)/b12-10?,19-11+,59-20?,62-50+/t58?,60?,61?,63-,64?,66+,68?,69+,71?,72?,73?,74-,77?,78+,84-/m1/s1. The summed E-state index contributed by atoms with van der Waals surface area (Å²) in [5.41, 5.74) is 15.8. The third-order valence-electron chi connectivity index (χ3n) is 22.1. The van der Waals surface area contributed by atoms with Crippen molar-refractivity contribution in [2.75, 3.05) is 152 Å². The summed E-state index contributed by atoms with van der Waals surface area (Å²) in [7, 11) is 4.60. The Labute approximate surface area is 689 Å². The van der Waals surface area contributed by atoms with Crippen molar-refractivity contribution in [3.05, 3.63) is 72.0 Å². The number of carbonyl (C=O) groups excluding carboxylic acids is 6.